The molecule has 1 aromatic rings. The quantitative estimate of drug-likeness (QED) is 0.892. The first-order valence-corrected chi connectivity index (χ1v) is 7.28. The van der Waals surface area contributed by atoms with Crippen LogP contribution in [0.3, 0.4) is 0 Å². The molecule has 110 valence electrons. The number of nitrogens with one attached hydrogen (secondary N) is 1. The van der Waals surface area contributed by atoms with Gasteiger partial charge in [-0.2, -0.15) is 0 Å². The summed E-state index contributed by atoms with van der Waals surface area (Å²) in [7, 11) is 3.78. The second-order valence-corrected chi connectivity index (χ2v) is 5.50. The number of rotatable bonds is 5. The van der Waals surface area contributed by atoms with Crippen molar-refractivity contribution in [2.24, 2.45) is 0 Å². The van der Waals surface area contributed by atoms with Crippen molar-refractivity contribution >= 4 is 5.91 Å². The summed E-state index contributed by atoms with van der Waals surface area (Å²) in [5.41, 5.74) is 1.14. The van der Waals surface area contributed by atoms with Crippen molar-refractivity contribution in [2.45, 2.75) is 31.7 Å². The predicted octanol–water partition coefficient (Wildman–Crippen LogP) is 1.84. The van der Waals surface area contributed by atoms with Crippen LogP contribution < -0.4 is 10.1 Å². The number of carbonyl (C=O) groups is 1. The Morgan fingerprint density at radius 2 is 2.15 bits per heavy atom. The molecule has 1 heterocycles. The molecule has 0 unspecified atom stereocenters. The van der Waals surface area contributed by atoms with Crippen molar-refractivity contribution < 1.29 is 9.53 Å². The van der Waals surface area contributed by atoms with E-state index in [-0.39, 0.29) is 5.91 Å². The van der Waals surface area contributed by atoms with Crippen molar-refractivity contribution in [2.75, 3.05) is 27.2 Å². The average Bonchev–Trinajstić information content (AvgIpc) is 2.48. The maximum atomic E-state index is 12.0. The van der Waals surface area contributed by atoms with Gasteiger partial charge in [0.1, 0.15) is 5.75 Å². The first-order chi connectivity index (χ1) is 9.67. The Hall–Kier alpha value is -1.55. The normalized spacial score (nSPS) is 16.9. The topological polar surface area (TPSA) is 41.6 Å². The summed E-state index contributed by atoms with van der Waals surface area (Å²) in [6, 6.07) is 8.25. The van der Waals surface area contributed by atoms with Crippen molar-refractivity contribution in [1.82, 2.24) is 10.2 Å². The molecule has 0 bridgehead atoms. The van der Waals surface area contributed by atoms with Crippen LogP contribution in [0.25, 0.3) is 0 Å². The number of likely N-dealkylation sites (tertiary alicyclic amines) is 1. The number of hydrogen-bond donors (Lipinski definition) is 1. The molecule has 0 aromatic heterocycles. The molecule has 1 N–H and O–H groups in total. The molecule has 1 aliphatic heterocycles. The van der Waals surface area contributed by atoms with Gasteiger partial charge in [0.15, 0.2) is 0 Å². The van der Waals surface area contributed by atoms with Crippen LogP contribution in [0.2, 0.25) is 0 Å². The predicted molar refractivity (Wildman–Crippen MR) is 80.0 cm³/mol. The lowest BCUT2D eigenvalue weighted by molar-refractivity contribution is -0.122. The molecule has 0 spiro atoms. The van der Waals surface area contributed by atoms with E-state index in [0.717, 1.165) is 43.7 Å². The summed E-state index contributed by atoms with van der Waals surface area (Å²) in [6.07, 6.45) is 3.41. The minimum absolute atomic E-state index is 0.155. The number of ether oxygens (including phenoxy) is 1. The van der Waals surface area contributed by atoms with Gasteiger partial charge in [-0.15, -0.1) is 0 Å². The molecule has 1 saturated heterocycles. The Morgan fingerprint density at radius 3 is 2.85 bits per heavy atom. The number of benzene rings is 1. The molecular formula is C16H24N2O2. The number of carbonyl (C=O) groups excluding carboxylic acids is 1. The summed E-state index contributed by atoms with van der Waals surface area (Å²) in [4.78, 5) is 14.3. The van der Waals surface area contributed by atoms with E-state index < -0.39 is 0 Å². The van der Waals surface area contributed by atoms with Crippen LogP contribution >= 0.6 is 0 Å². The van der Waals surface area contributed by atoms with Crippen molar-refractivity contribution in [3.05, 3.63) is 29.8 Å². The summed E-state index contributed by atoms with van der Waals surface area (Å²) < 4.78 is 5.19. The number of nitrogens with zero attached hydrogens (tertiary/aromatic N) is 1. The largest absolute Gasteiger partial charge is 0.497 e. The molecule has 4 nitrogen and oxygen atoms in total. The summed E-state index contributed by atoms with van der Waals surface area (Å²) in [5, 5.41) is 3.14. The van der Waals surface area contributed by atoms with E-state index in [1.54, 1.807) is 7.11 Å². The van der Waals surface area contributed by atoms with Crippen molar-refractivity contribution in [3.63, 3.8) is 0 Å². The molecule has 4 heteroatoms. The Bertz CT molecular complexity index is 440. The number of amides is 1. The Labute approximate surface area is 121 Å². The van der Waals surface area contributed by atoms with Crippen LogP contribution in [-0.2, 0) is 11.2 Å². The van der Waals surface area contributed by atoms with Gasteiger partial charge in [0.2, 0.25) is 5.91 Å². The zero-order valence-corrected chi connectivity index (χ0v) is 12.4. The van der Waals surface area contributed by atoms with Gasteiger partial charge in [-0.25, -0.2) is 0 Å². The molecular weight excluding hydrogens is 252 g/mol. The lowest BCUT2D eigenvalue weighted by Gasteiger charge is -2.29. The van der Waals surface area contributed by atoms with E-state index in [9.17, 15) is 4.79 Å². The van der Waals surface area contributed by atoms with E-state index in [1.807, 2.05) is 24.3 Å². The van der Waals surface area contributed by atoms with Gasteiger partial charge in [0, 0.05) is 12.5 Å². The van der Waals surface area contributed by atoms with Crippen LogP contribution in [0.5, 0.6) is 5.75 Å². The maximum Gasteiger partial charge on any atom is 0.220 e. The molecule has 0 aliphatic carbocycles. The fourth-order valence-electron chi connectivity index (χ4n) is 2.54. The van der Waals surface area contributed by atoms with Crippen LogP contribution in [0.1, 0.15) is 24.8 Å². The molecule has 1 amide bonds. The van der Waals surface area contributed by atoms with Crippen molar-refractivity contribution in [3.8, 4) is 5.75 Å². The highest BCUT2D eigenvalue weighted by Gasteiger charge is 2.18. The second-order valence-electron chi connectivity index (χ2n) is 5.50. The molecule has 0 saturated carbocycles. The lowest BCUT2D eigenvalue weighted by Crippen LogP contribution is -2.43. The molecule has 0 radical (unpaired) electrons. The summed E-state index contributed by atoms with van der Waals surface area (Å²) in [6.45, 7) is 2.14. The molecule has 20 heavy (non-hydrogen) atoms. The van der Waals surface area contributed by atoms with E-state index in [0.29, 0.717) is 12.5 Å². The highest BCUT2D eigenvalue weighted by atomic mass is 16.5. The van der Waals surface area contributed by atoms with Crippen LogP contribution in [0.4, 0.5) is 0 Å². The van der Waals surface area contributed by atoms with Crippen LogP contribution in [-0.4, -0.2) is 44.1 Å². The smallest absolute Gasteiger partial charge is 0.220 e. The molecule has 1 aliphatic rings. The minimum atomic E-state index is 0.155. The van der Waals surface area contributed by atoms with Crippen LogP contribution in [0.15, 0.2) is 24.3 Å². The van der Waals surface area contributed by atoms with E-state index in [1.165, 1.54) is 0 Å². The highest BCUT2D eigenvalue weighted by molar-refractivity contribution is 5.76. The Morgan fingerprint density at radius 1 is 1.40 bits per heavy atom. The molecule has 1 aromatic carbocycles. The van der Waals surface area contributed by atoms with Gasteiger partial charge in [0.05, 0.1) is 7.11 Å². The molecule has 2 rings (SSSR count). The highest BCUT2D eigenvalue weighted by Crippen LogP contribution is 2.14. The fourth-order valence-corrected chi connectivity index (χ4v) is 2.54. The first-order valence-electron chi connectivity index (χ1n) is 7.28. The van der Waals surface area contributed by atoms with E-state index in [2.05, 4.69) is 17.3 Å². The van der Waals surface area contributed by atoms with Gasteiger partial charge in [-0.05, 0) is 57.1 Å². The average molecular weight is 276 g/mol. The van der Waals surface area contributed by atoms with Gasteiger partial charge < -0.3 is 15.0 Å². The number of piperidine rings is 1. The van der Waals surface area contributed by atoms with Crippen LogP contribution in [0, 0.1) is 0 Å². The zero-order chi connectivity index (χ0) is 14.4. The number of hydrogen-bond acceptors (Lipinski definition) is 3. The van der Waals surface area contributed by atoms with E-state index >= 15 is 0 Å². The third kappa shape index (κ3) is 4.53. The fraction of sp³-hybridized carbons (Fsp3) is 0.562. The van der Waals surface area contributed by atoms with Gasteiger partial charge in [-0.3, -0.25) is 4.79 Å². The Kier molecular flexibility index (Phi) is 5.41. The van der Waals surface area contributed by atoms with E-state index in [4.69, 9.17) is 4.74 Å². The van der Waals surface area contributed by atoms with Gasteiger partial charge in [0.25, 0.3) is 0 Å². The third-order valence-corrected chi connectivity index (χ3v) is 3.86. The molecule has 1 fully saturated rings. The summed E-state index contributed by atoms with van der Waals surface area (Å²) in [5.74, 6) is 1.00. The first kappa shape index (κ1) is 14.9. The monoisotopic (exact) mass is 276 g/mol. The van der Waals surface area contributed by atoms with Gasteiger partial charge in [-0.1, -0.05) is 12.1 Å². The standard InChI is InChI=1S/C16H24N2O2/c1-18-10-8-14(9-11-18)17-16(19)7-6-13-4-3-5-15(12-13)20-2/h3-5,12,14H,6-11H2,1-2H3,(H,17,19). The van der Waals surface area contributed by atoms with Gasteiger partial charge >= 0.3 is 0 Å². The Balaban J connectivity index is 1.74. The zero-order valence-electron chi connectivity index (χ0n) is 12.4. The maximum absolute atomic E-state index is 12.0. The SMILES string of the molecule is COc1cccc(CCC(=O)NC2CCN(C)CC2)c1. The molecule has 0 atom stereocenters. The van der Waals surface area contributed by atoms with Crippen molar-refractivity contribution in [1.29, 1.82) is 0 Å². The lowest BCUT2D eigenvalue weighted by atomic mass is 10.0. The summed E-state index contributed by atoms with van der Waals surface area (Å²) >= 11 is 0. The minimum Gasteiger partial charge on any atom is -0.497 e. The number of aryl methyl sites for hydroxylation is 1. The number of methoxy groups -OCH3 is 1. The third-order valence-electron chi connectivity index (χ3n) is 3.86. The second kappa shape index (κ2) is 7.29.